The summed E-state index contributed by atoms with van der Waals surface area (Å²) in [6, 6.07) is 0. The summed E-state index contributed by atoms with van der Waals surface area (Å²) in [6.07, 6.45) is 33.4. The van der Waals surface area contributed by atoms with Crippen molar-refractivity contribution >= 4 is 0 Å². The first kappa shape index (κ1) is 33.1. The van der Waals surface area contributed by atoms with Crippen molar-refractivity contribution in [3.05, 3.63) is 25.7 Å². The van der Waals surface area contributed by atoms with Gasteiger partial charge in [-0.15, -0.1) is 0 Å². The van der Waals surface area contributed by atoms with Gasteiger partial charge in [-0.1, -0.05) is 143 Å². The van der Waals surface area contributed by atoms with Crippen LogP contribution < -0.4 is 0 Å². The summed E-state index contributed by atoms with van der Waals surface area (Å²) in [6.45, 7) is 13.8. The molecule has 202 valence electrons. The van der Waals surface area contributed by atoms with E-state index in [4.69, 9.17) is 9.47 Å². The van der Waals surface area contributed by atoms with E-state index in [-0.39, 0.29) is 0 Å². The minimum Gasteiger partial charge on any atom is -0.502 e. The van der Waals surface area contributed by atoms with E-state index in [0.717, 1.165) is 13.2 Å². The fourth-order valence-corrected chi connectivity index (χ4v) is 5.03. The first-order chi connectivity index (χ1) is 16.8. The van der Waals surface area contributed by atoms with Gasteiger partial charge in [0.2, 0.25) is 0 Å². The van der Waals surface area contributed by atoms with Crippen molar-refractivity contribution in [3.63, 3.8) is 0 Å². The molecule has 34 heavy (non-hydrogen) atoms. The standard InChI is InChI=1S/C32H62O2/c1-5-9-11-13-15-17-19-21-25-31(29-33-7-3)27-23-24-28-32(30-34-8-4)26-22-20-18-16-14-12-10-6-2/h7-8,31-32H,3-6,9-30H2,1-2H3. The third-order valence-electron chi connectivity index (χ3n) is 7.31. The van der Waals surface area contributed by atoms with E-state index in [1.165, 1.54) is 141 Å². The normalized spacial score (nSPS) is 12.9. The van der Waals surface area contributed by atoms with E-state index in [2.05, 4.69) is 27.0 Å². The Morgan fingerprint density at radius 1 is 0.441 bits per heavy atom. The summed E-state index contributed by atoms with van der Waals surface area (Å²) in [4.78, 5) is 0. The lowest BCUT2D eigenvalue weighted by Crippen LogP contribution is -2.10. The summed E-state index contributed by atoms with van der Waals surface area (Å²) in [7, 11) is 0. The van der Waals surface area contributed by atoms with Crippen LogP contribution in [0, 0.1) is 11.8 Å². The van der Waals surface area contributed by atoms with Gasteiger partial charge in [0.15, 0.2) is 0 Å². The Hall–Kier alpha value is -0.920. The highest BCUT2D eigenvalue weighted by molar-refractivity contribution is 4.66. The predicted octanol–water partition coefficient (Wildman–Crippen LogP) is 11.2. The molecule has 0 saturated carbocycles. The van der Waals surface area contributed by atoms with Crippen LogP contribution >= 0.6 is 0 Å². The second-order valence-electron chi connectivity index (χ2n) is 10.5. The summed E-state index contributed by atoms with van der Waals surface area (Å²) >= 11 is 0. The zero-order chi connectivity index (χ0) is 25.0. The SMILES string of the molecule is C=COCC(CCCCCCCCCC)CCCCC(CCCCCCCCCC)COC=C. The van der Waals surface area contributed by atoms with Crippen molar-refractivity contribution in [2.75, 3.05) is 13.2 Å². The molecule has 0 bridgehead atoms. The maximum atomic E-state index is 5.59. The van der Waals surface area contributed by atoms with Gasteiger partial charge >= 0.3 is 0 Å². The lowest BCUT2D eigenvalue weighted by molar-refractivity contribution is 0.168. The van der Waals surface area contributed by atoms with Gasteiger partial charge in [-0.05, 0) is 37.5 Å². The van der Waals surface area contributed by atoms with Crippen molar-refractivity contribution in [1.82, 2.24) is 0 Å². The van der Waals surface area contributed by atoms with Crippen molar-refractivity contribution in [2.24, 2.45) is 11.8 Å². The van der Waals surface area contributed by atoms with Crippen LogP contribution in [-0.2, 0) is 9.47 Å². The van der Waals surface area contributed by atoms with E-state index in [0.29, 0.717) is 11.8 Å². The maximum Gasteiger partial charge on any atom is 0.0901 e. The molecule has 0 amide bonds. The Balaban J connectivity index is 4.00. The van der Waals surface area contributed by atoms with Gasteiger partial charge in [0.25, 0.3) is 0 Å². The molecule has 2 unspecified atom stereocenters. The molecule has 0 aliphatic rings. The molecule has 0 aliphatic carbocycles. The van der Waals surface area contributed by atoms with Crippen LogP contribution in [0.4, 0.5) is 0 Å². The third-order valence-corrected chi connectivity index (χ3v) is 7.31. The number of hydrogen-bond acceptors (Lipinski definition) is 2. The van der Waals surface area contributed by atoms with Crippen LogP contribution in [0.25, 0.3) is 0 Å². The lowest BCUT2D eigenvalue weighted by atomic mass is 9.91. The van der Waals surface area contributed by atoms with Crippen LogP contribution in [0.2, 0.25) is 0 Å². The van der Waals surface area contributed by atoms with Crippen molar-refractivity contribution in [2.45, 2.75) is 155 Å². The van der Waals surface area contributed by atoms with Gasteiger partial charge in [-0.2, -0.15) is 0 Å². The zero-order valence-electron chi connectivity index (χ0n) is 23.5. The van der Waals surface area contributed by atoms with Gasteiger partial charge in [0.1, 0.15) is 0 Å². The summed E-state index contributed by atoms with van der Waals surface area (Å²) in [5, 5.41) is 0. The average molecular weight is 479 g/mol. The fraction of sp³-hybridized carbons (Fsp3) is 0.875. The molecule has 0 radical (unpaired) electrons. The number of hydrogen-bond donors (Lipinski definition) is 0. The minimum absolute atomic E-state index is 0.689. The molecule has 0 rings (SSSR count). The fourth-order valence-electron chi connectivity index (χ4n) is 5.03. The quantitative estimate of drug-likeness (QED) is 0.0786. The summed E-state index contributed by atoms with van der Waals surface area (Å²) < 4.78 is 11.2. The first-order valence-corrected chi connectivity index (χ1v) is 15.2. The lowest BCUT2D eigenvalue weighted by Gasteiger charge is -2.19. The Morgan fingerprint density at radius 2 is 0.706 bits per heavy atom. The highest BCUT2D eigenvalue weighted by Crippen LogP contribution is 2.23. The van der Waals surface area contributed by atoms with Crippen LogP contribution in [0.1, 0.15) is 155 Å². The average Bonchev–Trinajstić information content (AvgIpc) is 2.85. The molecular formula is C32H62O2. The smallest absolute Gasteiger partial charge is 0.0901 e. The Labute approximate surface area is 215 Å². The van der Waals surface area contributed by atoms with Crippen LogP contribution in [0.15, 0.2) is 25.7 Å². The minimum atomic E-state index is 0.689. The molecule has 0 aromatic rings. The van der Waals surface area contributed by atoms with Gasteiger partial charge in [0, 0.05) is 0 Å². The predicted molar refractivity (Wildman–Crippen MR) is 152 cm³/mol. The molecule has 0 heterocycles. The van der Waals surface area contributed by atoms with Crippen LogP contribution in [0.3, 0.4) is 0 Å². The second kappa shape index (κ2) is 28.3. The summed E-state index contributed by atoms with van der Waals surface area (Å²) in [5.74, 6) is 1.38. The van der Waals surface area contributed by atoms with E-state index in [1.54, 1.807) is 12.5 Å². The summed E-state index contributed by atoms with van der Waals surface area (Å²) in [5.41, 5.74) is 0. The van der Waals surface area contributed by atoms with E-state index >= 15 is 0 Å². The molecule has 0 fully saturated rings. The van der Waals surface area contributed by atoms with Crippen molar-refractivity contribution in [3.8, 4) is 0 Å². The van der Waals surface area contributed by atoms with Gasteiger partial charge in [-0.3, -0.25) is 0 Å². The molecule has 0 aromatic heterocycles. The molecule has 2 atom stereocenters. The van der Waals surface area contributed by atoms with E-state index < -0.39 is 0 Å². The molecule has 0 spiro atoms. The topological polar surface area (TPSA) is 18.5 Å². The molecule has 2 heteroatoms. The van der Waals surface area contributed by atoms with Crippen molar-refractivity contribution < 1.29 is 9.47 Å². The Morgan fingerprint density at radius 3 is 1.00 bits per heavy atom. The van der Waals surface area contributed by atoms with Crippen LogP contribution in [-0.4, -0.2) is 13.2 Å². The molecule has 0 N–H and O–H groups in total. The van der Waals surface area contributed by atoms with Gasteiger partial charge in [-0.25, -0.2) is 0 Å². The van der Waals surface area contributed by atoms with Crippen molar-refractivity contribution in [1.29, 1.82) is 0 Å². The molecular weight excluding hydrogens is 416 g/mol. The Kier molecular flexibility index (Phi) is 27.6. The van der Waals surface area contributed by atoms with Gasteiger partial charge < -0.3 is 9.47 Å². The molecule has 0 aliphatic heterocycles. The second-order valence-corrected chi connectivity index (χ2v) is 10.5. The third kappa shape index (κ3) is 24.2. The van der Waals surface area contributed by atoms with E-state index in [9.17, 15) is 0 Å². The molecule has 0 aromatic carbocycles. The highest BCUT2D eigenvalue weighted by atomic mass is 16.5. The molecule has 2 nitrogen and oxygen atoms in total. The molecule has 0 saturated heterocycles. The monoisotopic (exact) mass is 478 g/mol. The number of unbranched alkanes of at least 4 members (excludes halogenated alkanes) is 15. The zero-order valence-corrected chi connectivity index (χ0v) is 23.5. The van der Waals surface area contributed by atoms with Gasteiger partial charge in [0.05, 0.1) is 25.7 Å². The highest BCUT2D eigenvalue weighted by Gasteiger charge is 2.12. The largest absolute Gasteiger partial charge is 0.502 e. The number of ether oxygens (including phenoxy) is 2. The van der Waals surface area contributed by atoms with Crippen LogP contribution in [0.5, 0.6) is 0 Å². The maximum absolute atomic E-state index is 5.59. The van der Waals surface area contributed by atoms with E-state index in [1.807, 2.05) is 0 Å². The Bertz CT molecular complexity index is 368. The first-order valence-electron chi connectivity index (χ1n) is 15.2. The number of rotatable bonds is 29.